The van der Waals surface area contributed by atoms with Gasteiger partial charge in [-0.25, -0.2) is 9.78 Å². The Balaban J connectivity index is 2.42. The van der Waals surface area contributed by atoms with Crippen LogP contribution in [0.2, 0.25) is 0 Å². The van der Waals surface area contributed by atoms with Crippen molar-refractivity contribution in [1.82, 2.24) is 9.55 Å². The lowest BCUT2D eigenvalue weighted by atomic mass is 10.0. The molecule has 4 nitrogen and oxygen atoms in total. The number of unbranched alkanes of at least 4 members (excludes halogenated alkanes) is 1. The minimum atomic E-state index is -0.915. The van der Waals surface area contributed by atoms with Crippen molar-refractivity contribution < 1.29 is 9.90 Å². The lowest BCUT2D eigenvalue weighted by Gasteiger charge is -2.18. The van der Waals surface area contributed by atoms with Crippen molar-refractivity contribution in [2.24, 2.45) is 0 Å². The maximum atomic E-state index is 11.2. The van der Waals surface area contributed by atoms with Crippen LogP contribution in [-0.4, -0.2) is 20.6 Å². The van der Waals surface area contributed by atoms with Gasteiger partial charge in [-0.2, -0.15) is 0 Å². The molecule has 0 saturated heterocycles. The van der Waals surface area contributed by atoms with E-state index in [1.54, 1.807) is 18.5 Å². The predicted molar refractivity (Wildman–Crippen MR) is 80.2 cm³/mol. The molecule has 1 atom stereocenters. The molecule has 2 aromatic rings. The number of aromatic carboxylic acids is 1. The summed E-state index contributed by atoms with van der Waals surface area (Å²) in [4.78, 5) is 15.6. The van der Waals surface area contributed by atoms with Crippen LogP contribution in [0.1, 0.15) is 62.4 Å². The van der Waals surface area contributed by atoms with E-state index in [2.05, 4.69) is 23.4 Å². The molecule has 20 heavy (non-hydrogen) atoms. The summed E-state index contributed by atoms with van der Waals surface area (Å²) in [7, 11) is 0. The first-order valence-corrected chi connectivity index (χ1v) is 7.37. The first kappa shape index (κ1) is 14.6. The van der Waals surface area contributed by atoms with Crippen LogP contribution in [0.15, 0.2) is 24.5 Å². The Morgan fingerprint density at radius 2 is 2.10 bits per heavy atom. The number of para-hydroxylation sites is 1. The van der Waals surface area contributed by atoms with Crippen molar-refractivity contribution in [2.75, 3.05) is 0 Å². The molecule has 1 heterocycles. The second-order valence-corrected chi connectivity index (χ2v) is 5.22. The Labute approximate surface area is 119 Å². The molecule has 0 radical (unpaired) electrons. The molecule has 0 spiro atoms. The third-order valence-corrected chi connectivity index (χ3v) is 3.74. The van der Waals surface area contributed by atoms with Crippen molar-refractivity contribution in [3.63, 3.8) is 0 Å². The smallest absolute Gasteiger partial charge is 0.337 e. The maximum Gasteiger partial charge on any atom is 0.337 e. The standard InChI is InChI=1S/C16H22N2O2/c1-3-5-8-12(7-4-2)18-11-17-15-13(16(19)20)9-6-10-14(15)18/h6,9-12H,3-5,7-8H2,1-2H3,(H,19,20). The van der Waals surface area contributed by atoms with Crippen molar-refractivity contribution in [3.05, 3.63) is 30.1 Å². The van der Waals surface area contributed by atoms with Crippen molar-refractivity contribution in [2.45, 2.75) is 52.0 Å². The summed E-state index contributed by atoms with van der Waals surface area (Å²) >= 11 is 0. The zero-order valence-corrected chi connectivity index (χ0v) is 12.2. The lowest BCUT2D eigenvalue weighted by Crippen LogP contribution is -2.08. The molecule has 2 rings (SSSR count). The molecule has 0 aliphatic rings. The van der Waals surface area contributed by atoms with Crippen LogP contribution in [0.5, 0.6) is 0 Å². The van der Waals surface area contributed by atoms with Crippen LogP contribution in [-0.2, 0) is 0 Å². The van der Waals surface area contributed by atoms with Gasteiger partial charge in [-0.3, -0.25) is 0 Å². The van der Waals surface area contributed by atoms with Crippen LogP contribution in [0, 0.1) is 0 Å². The van der Waals surface area contributed by atoms with E-state index >= 15 is 0 Å². The molecule has 0 fully saturated rings. The number of fused-ring (bicyclic) bond motifs is 1. The fourth-order valence-electron chi connectivity index (χ4n) is 2.72. The number of benzene rings is 1. The van der Waals surface area contributed by atoms with Gasteiger partial charge < -0.3 is 9.67 Å². The molecule has 0 aliphatic carbocycles. The van der Waals surface area contributed by atoms with Crippen molar-refractivity contribution >= 4 is 17.0 Å². The number of carboxylic acid groups (broad SMARTS) is 1. The van der Waals surface area contributed by atoms with Crippen molar-refractivity contribution in [1.29, 1.82) is 0 Å². The number of carbonyl (C=O) groups is 1. The monoisotopic (exact) mass is 274 g/mol. The number of hydrogen-bond donors (Lipinski definition) is 1. The number of carboxylic acids is 1. The fraction of sp³-hybridized carbons (Fsp3) is 0.500. The first-order chi connectivity index (χ1) is 9.69. The van der Waals surface area contributed by atoms with E-state index in [0.717, 1.165) is 24.8 Å². The average molecular weight is 274 g/mol. The SMILES string of the molecule is CCCCC(CCC)n1cnc2c(C(=O)O)cccc21. The molecule has 1 unspecified atom stereocenters. The Morgan fingerprint density at radius 3 is 2.75 bits per heavy atom. The molecule has 1 aromatic carbocycles. The van der Waals surface area contributed by atoms with Crippen LogP contribution in [0.4, 0.5) is 0 Å². The Bertz CT molecular complexity index is 589. The minimum Gasteiger partial charge on any atom is -0.478 e. The number of aromatic nitrogens is 2. The number of nitrogens with zero attached hydrogens (tertiary/aromatic N) is 2. The van der Waals surface area contributed by atoms with E-state index in [1.165, 1.54) is 12.8 Å². The highest BCUT2D eigenvalue weighted by Gasteiger charge is 2.16. The molecule has 0 aliphatic heterocycles. The van der Waals surface area contributed by atoms with E-state index in [4.69, 9.17) is 0 Å². The summed E-state index contributed by atoms with van der Waals surface area (Å²) < 4.78 is 2.15. The number of hydrogen-bond acceptors (Lipinski definition) is 2. The predicted octanol–water partition coefficient (Wildman–Crippen LogP) is 4.27. The molecule has 4 heteroatoms. The van der Waals surface area contributed by atoms with Gasteiger partial charge in [0.25, 0.3) is 0 Å². The highest BCUT2D eigenvalue weighted by molar-refractivity contribution is 6.00. The van der Waals surface area contributed by atoms with Gasteiger partial charge in [0.15, 0.2) is 0 Å². The molecular formula is C16H22N2O2. The quantitative estimate of drug-likeness (QED) is 0.820. The third-order valence-electron chi connectivity index (χ3n) is 3.74. The molecule has 0 amide bonds. The second kappa shape index (κ2) is 6.55. The van der Waals surface area contributed by atoms with Gasteiger partial charge >= 0.3 is 5.97 Å². The largest absolute Gasteiger partial charge is 0.478 e. The van der Waals surface area contributed by atoms with Gasteiger partial charge in [0.2, 0.25) is 0 Å². The van der Waals surface area contributed by atoms with Gasteiger partial charge in [-0.05, 0) is 25.0 Å². The van der Waals surface area contributed by atoms with Crippen LogP contribution in [0.3, 0.4) is 0 Å². The van der Waals surface area contributed by atoms with E-state index in [1.807, 2.05) is 6.07 Å². The maximum absolute atomic E-state index is 11.2. The third kappa shape index (κ3) is 2.84. The molecule has 108 valence electrons. The summed E-state index contributed by atoms with van der Waals surface area (Å²) in [5.41, 5.74) is 1.81. The lowest BCUT2D eigenvalue weighted by molar-refractivity contribution is 0.0699. The van der Waals surface area contributed by atoms with Gasteiger partial charge in [-0.1, -0.05) is 39.2 Å². The molecule has 0 bridgehead atoms. The van der Waals surface area contributed by atoms with Gasteiger partial charge in [0.1, 0.15) is 5.52 Å². The highest BCUT2D eigenvalue weighted by Crippen LogP contribution is 2.27. The Morgan fingerprint density at radius 1 is 1.30 bits per heavy atom. The van der Waals surface area contributed by atoms with E-state index < -0.39 is 5.97 Å². The van der Waals surface area contributed by atoms with E-state index in [9.17, 15) is 9.90 Å². The summed E-state index contributed by atoms with van der Waals surface area (Å²) in [5.74, 6) is -0.915. The number of rotatable bonds is 7. The van der Waals surface area contributed by atoms with E-state index in [-0.39, 0.29) is 5.56 Å². The van der Waals surface area contributed by atoms with Gasteiger partial charge in [0.05, 0.1) is 17.4 Å². The second-order valence-electron chi connectivity index (χ2n) is 5.22. The van der Waals surface area contributed by atoms with Crippen molar-refractivity contribution in [3.8, 4) is 0 Å². The summed E-state index contributed by atoms with van der Waals surface area (Å²) in [6.07, 6.45) is 7.49. The Kier molecular flexibility index (Phi) is 4.77. The Hall–Kier alpha value is -1.84. The average Bonchev–Trinajstić information content (AvgIpc) is 2.87. The fourth-order valence-corrected chi connectivity index (χ4v) is 2.72. The summed E-state index contributed by atoms with van der Waals surface area (Å²) in [5, 5.41) is 9.23. The molecule has 0 saturated carbocycles. The minimum absolute atomic E-state index is 0.284. The van der Waals surface area contributed by atoms with E-state index in [0.29, 0.717) is 11.6 Å². The molecule has 1 aromatic heterocycles. The van der Waals surface area contributed by atoms with Gasteiger partial charge in [-0.15, -0.1) is 0 Å². The normalized spacial score (nSPS) is 12.7. The zero-order valence-electron chi connectivity index (χ0n) is 12.2. The summed E-state index contributed by atoms with van der Waals surface area (Å²) in [6, 6.07) is 5.79. The highest BCUT2D eigenvalue weighted by atomic mass is 16.4. The zero-order chi connectivity index (χ0) is 14.5. The van der Waals surface area contributed by atoms with Crippen LogP contribution < -0.4 is 0 Å². The first-order valence-electron chi connectivity index (χ1n) is 7.37. The number of imidazole rings is 1. The van der Waals surface area contributed by atoms with Crippen LogP contribution in [0.25, 0.3) is 11.0 Å². The van der Waals surface area contributed by atoms with Gasteiger partial charge in [0, 0.05) is 6.04 Å². The topological polar surface area (TPSA) is 55.1 Å². The summed E-state index contributed by atoms with van der Waals surface area (Å²) in [6.45, 7) is 4.37. The molecular weight excluding hydrogens is 252 g/mol. The molecule has 1 N–H and O–H groups in total. The van der Waals surface area contributed by atoms with Crippen LogP contribution >= 0.6 is 0 Å².